The molecule has 3 rings (SSSR count). The predicted molar refractivity (Wildman–Crippen MR) is 192 cm³/mol. The van der Waals surface area contributed by atoms with Crippen LogP contribution in [0.4, 0.5) is 0 Å². The van der Waals surface area contributed by atoms with Gasteiger partial charge in [0.15, 0.2) is 0 Å². The van der Waals surface area contributed by atoms with Crippen LogP contribution in [0.2, 0.25) is 0 Å². The molecule has 12 nitrogen and oxygen atoms in total. The molecular formula is C32H46N4Na2O8P2. The van der Waals surface area contributed by atoms with Crippen molar-refractivity contribution in [1.82, 2.24) is 0 Å². The van der Waals surface area contributed by atoms with Crippen LogP contribution in [-0.2, 0) is 27.2 Å². The Balaban J connectivity index is 0.00000576. The predicted octanol–water partition coefficient (Wildman–Crippen LogP) is 3.38. The van der Waals surface area contributed by atoms with Gasteiger partial charge in [0, 0.05) is 0 Å². The number of hydrogen-bond acceptors (Lipinski definition) is 12. The number of unbranched alkanes of at least 4 members (excludes halogenated alkanes) is 4. The fraction of sp³-hybridized carbons (Fsp3) is 0.375. The second-order valence-corrected chi connectivity index (χ2v) is 14.4. The molecule has 0 bridgehead atoms. The number of nitrogens with two attached hydrogens (primary N) is 4. The summed E-state index contributed by atoms with van der Waals surface area (Å²) in [4.78, 5) is 26.6. The molecule has 4 atom stereocenters. The van der Waals surface area contributed by atoms with Gasteiger partial charge in [0.1, 0.15) is 12.5 Å². The summed E-state index contributed by atoms with van der Waals surface area (Å²) in [6, 6.07) is 21.3. The van der Waals surface area contributed by atoms with Gasteiger partial charge in [-0.25, -0.2) is 18.7 Å². The first-order chi connectivity index (χ1) is 22.1. The van der Waals surface area contributed by atoms with Gasteiger partial charge in [-0.3, -0.25) is 9.05 Å². The summed E-state index contributed by atoms with van der Waals surface area (Å²) in [5.74, 6) is -2.06. The molecule has 0 heterocycles. The Kier molecular flexibility index (Phi) is 21.8. The van der Waals surface area contributed by atoms with E-state index in [9.17, 15) is 18.7 Å². The standard InChI is InChI=1S/C32H44N4O8P2.2Na.2H/c33-22-11-3-9-20-29(35)41-45(39,27-16-5-1-6-17-27)43-31(37)25-14-13-15-26(24-25)32(38)44-46(40,28-18-7-2-8-19-28)42-30(36)21-10-4-12-23-34;;;;/h1-2,5-8,13-19,24,29-30H,3-4,9-12,20-23,33-36H2;;;;. The van der Waals surface area contributed by atoms with Crippen molar-refractivity contribution in [2.45, 2.75) is 63.8 Å². The van der Waals surface area contributed by atoms with Crippen molar-refractivity contribution in [3.8, 4) is 0 Å². The van der Waals surface area contributed by atoms with Crippen molar-refractivity contribution in [2.24, 2.45) is 22.9 Å². The third-order valence-electron chi connectivity index (χ3n) is 6.82. The Morgan fingerprint density at radius 2 is 0.938 bits per heavy atom. The zero-order valence-corrected chi connectivity index (χ0v) is 27.6. The molecule has 0 radical (unpaired) electrons. The first kappa shape index (κ1) is 44.8. The molecule has 48 heavy (non-hydrogen) atoms. The average molecular weight is 723 g/mol. The van der Waals surface area contributed by atoms with E-state index in [2.05, 4.69) is 0 Å². The van der Waals surface area contributed by atoms with E-state index in [1.165, 1.54) is 48.5 Å². The zero-order valence-electron chi connectivity index (χ0n) is 25.8. The maximum atomic E-state index is 13.9. The summed E-state index contributed by atoms with van der Waals surface area (Å²) >= 11 is 0. The van der Waals surface area contributed by atoms with E-state index in [-0.39, 0.29) is 80.9 Å². The van der Waals surface area contributed by atoms with Crippen molar-refractivity contribution in [3.05, 3.63) is 96.1 Å². The Hall–Kier alpha value is -1.18. The van der Waals surface area contributed by atoms with Gasteiger partial charge < -0.3 is 32.0 Å². The van der Waals surface area contributed by atoms with Crippen molar-refractivity contribution in [2.75, 3.05) is 13.1 Å². The van der Waals surface area contributed by atoms with Crippen LogP contribution in [0.15, 0.2) is 84.9 Å². The van der Waals surface area contributed by atoms with Crippen LogP contribution < -0.4 is 33.5 Å². The Morgan fingerprint density at radius 1 is 0.562 bits per heavy atom. The van der Waals surface area contributed by atoms with Gasteiger partial charge in [0.2, 0.25) is 0 Å². The van der Waals surface area contributed by atoms with Gasteiger partial charge in [0.25, 0.3) is 0 Å². The Bertz CT molecular complexity index is 1380. The number of rotatable bonds is 20. The van der Waals surface area contributed by atoms with E-state index in [0.29, 0.717) is 38.8 Å². The van der Waals surface area contributed by atoms with Gasteiger partial charge in [-0.1, -0.05) is 55.3 Å². The van der Waals surface area contributed by atoms with Crippen molar-refractivity contribution >= 4 is 96.9 Å². The van der Waals surface area contributed by atoms with E-state index in [0.717, 1.165) is 25.7 Å². The van der Waals surface area contributed by atoms with Gasteiger partial charge in [-0.15, -0.1) is 0 Å². The molecule has 0 aliphatic carbocycles. The molecule has 0 saturated heterocycles. The summed E-state index contributed by atoms with van der Waals surface area (Å²) < 4.78 is 50.1. The monoisotopic (exact) mass is 722 g/mol. The van der Waals surface area contributed by atoms with Gasteiger partial charge in [0.05, 0.1) is 21.7 Å². The van der Waals surface area contributed by atoms with Crippen molar-refractivity contribution in [3.63, 3.8) is 0 Å². The quantitative estimate of drug-likeness (QED) is 0.0573. The molecule has 0 spiro atoms. The van der Waals surface area contributed by atoms with Crippen LogP contribution in [0.1, 0.15) is 72.1 Å². The molecule has 0 aliphatic rings. The Labute approximate surface area is 327 Å². The van der Waals surface area contributed by atoms with E-state index in [1.807, 2.05) is 0 Å². The molecule has 0 aromatic heterocycles. The molecule has 3 aromatic rings. The molecule has 8 N–H and O–H groups in total. The fourth-order valence-corrected chi connectivity index (χ4v) is 7.57. The van der Waals surface area contributed by atoms with Gasteiger partial charge in [-0.2, -0.15) is 0 Å². The van der Waals surface area contributed by atoms with Gasteiger partial charge >= 0.3 is 86.2 Å². The van der Waals surface area contributed by atoms with Crippen LogP contribution in [0.3, 0.4) is 0 Å². The number of carbonyl (C=O) groups excluding carboxylic acids is 2. The number of hydrogen-bond donors (Lipinski definition) is 4. The molecule has 4 unspecified atom stereocenters. The summed E-state index contributed by atoms with van der Waals surface area (Å²) in [5, 5.41) is 0.272. The number of carbonyl (C=O) groups is 2. The first-order valence-corrected chi connectivity index (χ1v) is 18.4. The van der Waals surface area contributed by atoms with E-state index >= 15 is 0 Å². The molecule has 0 amide bonds. The normalized spacial score (nSPS) is 14.6. The maximum absolute atomic E-state index is 13.9. The summed E-state index contributed by atoms with van der Waals surface area (Å²) in [7, 11) is -8.50. The summed E-state index contributed by atoms with van der Waals surface area (Å²) in [6.07, 6.45) is 3.41. The third-order valence-corrected chi connectivity index (χ3v) is 10.6. The molecule has 16 heteroatoms. The van der Waals surface area contributed by atoms with Crippen LogP contribution in [0, 0.1) is 0 Å². The molecule has 0 aliphatic heterocycles. The zero-order chi connectivity index (χ0) is 33.4. The molecule has 254 valence electrons. The van der Waals surface area contributed by atoms with E-state index in [4.69, 9.17) is 41.0 Å². The molecule has 0 fully saturated rings. The first-order valence-electron chi connectivity index (χ1n) is 15.3. The third kappa shape index (κ3) is 14.6. The second-order valence-electron chi connectivity index (χ2n) is 10.6. The van der Waals surface area contributed by atoms with Gasteiger partial charge in [-0.05, 0) is 94.1 Å². The van der Waals surface area contributed by atoms with E-state index < -0.39 is 39.6 Å². The topological polar surface area (TPSA) is 209 Å². The van der Waals surface area contributed by atoms with E-state index in [1.54, 1.807) is 36.4 Å². The molecular weight excluding hydrogens is 676 g/mol. The minimum atomic E-state index is -4.25. The van der Waals surface area contributed by atoms with Crippen LogP contribution in [-0.4, -0.2) is 96.6 Å². The minimum absolute atomic E-state index is 0. The van der Waals surface area contributed by atoms with Crippen LogP contribution in [0.25, 0.3) is 0 Å². The second kappa shape index (κ2) is 23.3. The van der Waals surface area contributed by atoms with Crippen molar-refractivity contribution in [1.29, 1.82) is 0 Å². The van der Waals surface area contributed by atoms with Crippen molar-refractivity contribution < 1.29 is 36.8 Å². The fourth-order valence-electron chi connectivity index (χ4n) is 4.38. The van der Waals surface area contributed by atoms with Crippen LogP contribution in [0.5, 0.6) is 0 Å². The SMILES string of the molecule is NCCCCCC(N)OP(=O)(OC(=O)c1cccc(C(=O)OP(=O)(OC(N)CCCCCN)c2ccccc2)c1)c1ccccc1.[NaH].[NaH]. The Morgan fingerprint density at radius 3 is 1.29 bits per heavy atom. The summed E-state index contributed by atoms with van der Waals surface area (Å²) in [5.41, 5.74) is 23.0. The molecule has 3 aromatic carbocycles. The number of benzene rings is 3. The molecule has 0 saturated carbocycles. The summed E-state index contributed by atoms with van der Waals surface area (Å²) in [6.45, 7) is 1.09. The van der Waals surface area contributed by atoms with Crippen LogP contribution >= 0.6 is 15.2 Å². The average Bonchev–Trinajstić information content (AvgIpc) is 3.06.